The maximum atomic E-state index is 12.1. The van der Waals surface area contributed by atoms with Crippen molar-refractivity contribution in [1.29, 1.82) is 0 Å². The molecule has 2 aromatic rings. The Morgan fingerprint density at radius 2 is 1.72 bits per heavy atom. The van der Waals surface area contributed by atoms with E-state index < -0.39 is 5.97 Å². The van der Waals surface area contributed by atoms with E-state index in [1.54, 1.807) is 43.3 Å². The standard InChI is InChI=1S/C14H13NO3/c1-2-18-14(17)12-9-8-11(15-12)13(16)10-6-4-3-5-7-10/h3-9,15H,2H2,1H3. The van der Waals surface area contributed by atoms with E-state index >= 15 is 0 Å². The molecule has 18 heavy (non-hydrogen) atoms. The molecule has 0 bridgehead atoms. The average molecular weight is 243 g/mol. The van der Waals surface area contributed by atoms with Gasteiger partial charge in [0, 0.05) is 5.56 Å². The number of H-pyrrole nitrogens is 1. The number of benzene rings is 1. The molecule has 1 N–H and O–H groups in total. The monoisotopic (exact) mass is 243 g/mol. The Bertz CT molecular complexity index is 557. The molecule has 0 aliphatic heterocycles. The van der Waals surface area contributed by atoms with Crippen LogP contribution in [0.2, 0.25) is 0 Å². The Labute approximate surface area is 105 Å². The van der Waals surface area contributed by atoms with E-state index in [-0.39, 0.29) is 11.5 Å². The van der Waals surface area contributed by atoms with Crippen molar-refractivity contribution >= 4 is 11.8 Å². The highest BCUT2D eigenvalue weighted by Crippen LogP contribution is 2.10. The highest BCUT2D eigenvalue weighted by molar-refractivity contribution is 6.08. The van der Waals surface area contributed by atoms with E-state index in [1.807, 2.05) is 6.07 Å². The van der Waals surface area contributed by atoms with E-state index in [9.17, 15) is 9.59 Å². The van der Waals surface area contributed by atoms with Crippen molar-refractivity contribution in [1.82, 2.24) is 4.98 Å². The van der Waals surface area contributed by atoms with E-state index in [2.05, 4.69) is 4.98 Å². The topological polar surface area (TPSA) is 59.2 Å². The summed E-state index contributed by atoms with van der Waals surface area (Å²) in [6.45, 7) is 2.04. The van der Waals surface area contributed by atoms with E-state index in [0.29, 0.717) is 17.9 Å². The number of nitrogens with one attached hydrogen (secondary N) is 1. The molecule has 0 saturated heterocycles. The second kappa shape index (κ2) is 5.31. The summed E-state index contributed by atoms with van der Waals surface area (Å²) in [5, 5.41) is 0. The summed E-state index contributed by atoms with van der Waals surface area (Å²) in [6.07, 6.45) is 0. The second-order valence-electron chi connectivity index (χ2n) is 3.70. The first-order valence-corrected chi connectivity index (χ1v) is 5.68. The van der Waals surface area contributed by atoms with E-state index in [1.165, 1.54) is 0 Å². The van der Waals surface area contributed by atoms with Crippen LogP contribution in [0.15, 0.2) is 42.5 Å². The number of aromatic amines is 1. The van der Waals surface area contributed by atoms with Gasteiger partial charge in [0.25, 0.3) is 0 Å². The summed E-state index contributed by atoms with van der Waals surface area (Å²) in [6, 6.07) is 12.0. The van der Waals surface area contributed by atoms with Gasteiger partial charge < -0.3 is 9.72 Å². The van der Waals surface area contributed by atoms with Crippen molar-refractivity contribution in [2.75, 3.05) is 6.61 Å². The van der Waals surface area contributed by atoms with Crippen LogP contribution in [0.5, 0.6) is 0 Å². The maximum absolute atomic E-state index is 12.1. The third-order valence-electron chi connectivity index (χ3n) is 2.46. The second-order valence-corrected chi connectivity index (χ2v) is 3.70. The lowest BCUT2D eigenvalue weighted by Gasteiger charge is -1.99. The van der Waals surface area contributed by atoms with Gasteiger partial charge in [-0.15, -0.1) is 0 Å². The first kappa shape index (κ1) is 12.1. The smallest absolute Gasteiger partial charge is 0.354 e. The van der Waals surface area contributed by atoms with Crippen LogP contribution in [-0.4, -0.2) is 23.3 Å². The Kier molecular flexibility index (Phi) is 3.57. The number of hydrogen-bond donors (Lipinski definition) is 1. The van der Waals surface area contributed by atoms with Crippen molar-refractivity contribution in [2.24, 2.45) is 0 Å². The van der Waals surface area contributed by atoms with Gasteiger partial charge in [-0.2, -0.15) is 0 Å². The number of carbonyl (C=O) groups is 2. The molecule has 0 spiro atoms. The summed E-state index contributed by atoms with van der Waals surface area (Å²) in [5.74, 6) is -0.601. The van der Waals surface area contributed by atoms with Crippen LogP contribution in [-0.2, 0) is 4.74 Å². The van der Waals surface area contributed by atoms with Crippen molar-refractivity contribution in [2.45, 2.75) is 6.92 Å². The van der Waals surface area contributed by atoms with Gasteiger partial charge in [-0.1, -0.05) is 30.3 Å². The molecule has 1 aromatic heterocycles. The molecule has 0 radical (unpaired) electrons. The van der Waals surface area contributed by atoms with Crippen LogP contribution in [0.1, 0.15) is 33.5 Å². The zero-order valence-corrected chi connectivity index (χ0v) is 9.97. The lowest BCUT2D eigenvalue weighted by molar-refractivity contribution is 0.0520. The number of carbonyl (C=O) groups excluding carboxylic acids is 2. The van der Waals surface area contributed by atoms with Gasteiger partial charge >= 0.3 is 5.97 Å². The fraction of sp³-hybridized carbons (Fsp3) is 0.143. The highest BCUT2D eigenvalue weighted by Gasteiger charge is 2.14. The molecule has 1 heterocycles. The SMILES string of the molecule is CCOC(=O)c1ccc(C(=O)c2ccccc2)[nH]1. The van der Waals surface area contributed by atoms with Crippen LogP contribution >= 0.6 is 0 Å². The molecule has 1 aromatic carbocycles. The van der Waals surface area contributed by atoms with Crippen molar-refractivity contribution in [3.8, 4) is 0 Å². The molecule has 92 valence electrons. The molecule has 0 unspecified atom stereocenters. The summed E-state index contributed by atoms with van der Waals surface area (Å²) in [7, 11) is 0. The average Bonchev–Trinajstić information content (AvgIpc) is 2.89. The van der Waals surface area contributed by atoms with Crippen LogP contribution in [0.3, 0.4) is 0 Å². The summed E-state index contributed by atoms with van der Waals surface area (Å²) >= 11 is 0. The molecule has 0 fully saturated rings. The van der Waals surface area contributed by atoms with Gasteiger partial charge in [0.1, 0.15) is 5.69 Å². The summed E-state index contributed by atoms with van der Waals surface area (Å²) in [4.78, 5) is 26.3. The van der Waals surface area contributed by atoms with Crippen LogP contribution in [0.4, 0.5) is 0 Å². The number of ether oxygens (including phenoxy) is 1. The zero-order chi connectivity index (χ0) is 13.0. The number of aromatic nitrogens is 1. The Morgan fingerprint density at radius 3 is 2.39 bits per heavy atom. The van der Waals surface area contributed by atoms with Gasteiger partial charge in [0.05, 0.1) is 12.3 Å². The Hall–Kier alpha value is -2.36. The van der Waals surface area contributed by atoms with Crippen LogP contribution in [0.25, 0.3) is 0 Å². The third-order valence-corrected chi connectivity index (χ3v) is 2.46. The fourth-order valence-electron chi connectivity index (χ4n) is 1.60. The molecular formula is C14H13NO3. The minimum Gasteiger partial charge on any atom is -0.461 e. The molecule has 0 amide bonds. The maximum Gasteiger partial charge on any atom is 0.354 e. The predicted octanol–water partition coefficient (Wildman–Crippen LogP) is 2.42. The number of rotatable bonds is 4. The minimum absolute atomic E-state index is 0.147. The third kappa shape index (κ3) is 2.48. The van der Waals surface area contributed by atoms with Crippen molar-refractivity contribution in [3.63, 3.8) is 0 Å². The molecule has 4 nitrogen and oxygen atoms in total. The van der Waals surface area contributed by atoms with Crippen molar-refractivity contribution < 1.29 is 14.3 Å². The van der Waals surface area contributed by atoms with Gasteiger partial charge in [0.15, 0.2) is 0 Å². The largest absolute Gasteiger partial charge is 0.461 e. The number of ketones is 1. The Morgan fingerprint density at radius 1 is 1.06 bits per heavy atom. The summed E-state index contributed by atoms with van der Waals surface area (Å²) in [5.41, 5.74) is 1.25. The van der Waals surface area contributed by atoms with E-state index in [0.717, 1.165) is 0 Å². The molecule has 0 aliphatic carbocycles. The number of esters is 1. The lowest BCUT2D eigenvalue weighted by atomic mass is 10.1. The first-order chi connectivity index (χ1) is 8.72. The lowest BCUT2D eigenvalue weighted by Crippen LogP contribution is -2.07. The van der Waals surface area contributed by atoms with Gasteiger partial charge in [-0.05, 0) is 19.1 Å². The molecule has 2 rings (SSSR count). The normalized spacial score (nSPS) is 10.1. The van der Waals surface area contributed by atoms with Crippen LogP contribution < -0.4 is 0 Å². The molecule has 4 heteroatoms. The highest BCUT2D eigenvalue weighted by atomic mass is 16.5. The van der Waals surface area contributed by atoms with Crippen molar-refractivity contribution in [3.05, 3.63) is 59.4 Å². The van der Waals surface area contributed by atoms with Gasteiger partial charge in [-0.25, -0.2) is 4.79 Å². The summed E-state index contributed by atoms with van der Waals surface area (Å²) < 4.78 is 4.85. The van der Waals surface area contributed by atoms with Gasteiger partial charge in [-0.3, -0.25) is 4.79 Å². The quantitative estimate of drug-likeness (QED) is 0.662. The molecule has 0 aliphatic rings. The Balaban J connectivity index is 2.20. The van der Waals surface area contributed by atoms with Crippen LogP contribution in [0, 0.1) is 0 Å². The predicted molar refractivity (Wildman–Crippen MR) is 66.6 cm³/mol. The van der Waals surface area contributed by atoms with E-state index in [4.69, 9.17) is 4.74 Å². The first-order valence-electron chi connectivity index (χ1n) is 5.68. The molecule has 0 saturated carbocycles. The van der Waals surface area contributed by atoms with Gasteiger partial charge in [0.2, 0.25) is 5.78 Å². The minimum atomic E-state index is -0.454. The fourth-order valence-corrected chi connectivity index (χ4v) is 1.60. The zero-order valence-electron chi connectivity index (χ0n) is 9.97. The number of hydrogen-bond acceptors (Lipinski definition) is 3. The molecular weight excluding hydrogens is 230 g/mol. The molecule has 0 atom stereocenters.